The highest BCUT2D eigenvalue weighted by Crippen LogP contribution is 2.25. The van der Waals surface area contributed by atoms with Gasteiger partial charge in [-0.1, -0.05) is 6.07 Å². The van der Waals surface area contributed by atoms with Crippen molar-refractivity contribution in [2.24, 2.45) is 0 Å². The maximum atomic E-state index is 13.7. The van der Waals surface area contributed by atoms with Crippen LogP contribution in [0.4, 0.5) is 13.2 Å². The lowest BCUT2D eigenvalue weighted by atomic mass is 10.0. The average molecular weight is 266 g/mol. The second-order valence-electron chi connectivity index (χ2n) is 3.81. The van der Waals surface area contributed by atoms with Gasteiger partial charge in [-0.15, -0.1) is 0 Å². The van der Waals surface area contributed by atoms with Crippen LogP contribution in [0.1, 0.15) is 10.4 Å². The Kier molecular flexibility index (Phi) is 3.55. The molecular formula is C14H9F3O2. The van der Waals surface area contributed by atoms with Crippen molar-refractivity contribution in [3.8, 4) is 11.1 Å². The predicted molar refractivity (Wildman–Crippen MR) is 63.1 cm³/mol. The largest absolute Gasteiger partial charge is 0.465 e. The molecule has 2 aromatic carbocycles. The number of benzene rings is 2. The van der Waals surface area contributed by atoms with E-state index in [1.54, 1.807) is 0 Å². The van der Waals surface area contributed by atoms with Crippen molar-refractivity contribution in [3.63, 3.8) is 0 Å². The number of methoxy groups -OCH3 is 1. The topological polar surface area (TPSA) is 26.3 Å². The summed E-state index contributed by atoms with van der Waals surface area (Å²) in [6.07, 6.45) is 0. The second-order valence-corrected chi connectivity index (χ2v) is 3.81. The Labute approximate surface area is 107 Å². The zero-order valence-electron chi connectivity index (χ0n) is 9.91. The number of hydrogen-bond acceptors (Lipinski definition) is 2. The summed E-state index contributed by atoms with van der Waals surface area (Å²) >= 11 is 0. The van der Waals surface area contributed by atoms with Gasteiger partial charge in [-0.05, 0) is 35.9 Å². The molecule has 0 aliphatic rings. The summed E-state index contributed by atoms with van der Waals surface area (Å²) in [5, 5.41) is 0. The molecule has 0 aromatic heterocycles. The van der Waals surface area contributed by atoms with E-state index in [-0.39, 0.29) is 16.7 Å². The molecule has 0 saturated carbocycles. The Hall–Kier alpha value is -2.30. The maximum Gasteiger partial charge on any atom is 0.340 e. The van der Waals surface area contributed by atoms with Crippen LogP contribution in [0.3, 0.4) is 0 Å². The monoisotopic (exact) mass is 266 g/mol. The molecule has 0 radical (unpaired) electrons. The van der Waals surface area contributed by atoms with E-state index in [1.807, 2.05) is 0 Å². The minimum absolute atomic E-state index is 0.0738. The summed E-state index contributed by atoms with van der Waals surface area (Å²) in [7, 11) is 1.13. The van der Waals surface area contributed by atoms with Crippen LogP contribution in [-0.2, 0) is 4.74 Å². The van der Waals surface area contributed by atoms with Gasteiger partial charge in [0.25, 0.3) is 0 Å². The molecule has 0 spiro atoms. The summed E-state index contributed by atoms with van der Waals surface area (Å²) in [4.78, 5) is 11.2. The normalized spacial score (nSPS) is 10.3. The smallest absolute Gasteiger partial charge is 0.340 e. The fourth-order valence-electron chi connectivity index (χ4n) is 1.68. The highest BCUT2D eigenvalue weighted by molar-refractivity contribution is 5.90. The molecule has 0 saturated heterocycles. The quantitative estimate of drug-likeness (QED) is 0.777. The van der Waals surface area contributed by atoms with E-state index in [2.05, 4.69) is 4.74 Å². The van der Waals surface area contributed by atoms with Crippen LogP contribution in [0.25, 0.3) is 11.1 Å². The first-order valence-electron chi connectivity index (χ1n) is 5.36. The lowest BCUT2D eigenvalue weighted by Crippen LogP contribution is -2.04. The molecule has 98 valence electrons. The first kappa shape index (κ1) is 13.1. The number of carbonyl (C=O) groups is 1. The Balaban J connectivity index is 2.50. The van der Waals surface area contributed by atoms with Crippen molar-refractivity contribution in [3.05, 3.63) is 59.4 Å². The average Bonchev–Trinajstić information content (AvgIpc) is 2.40. The van der Waals surface area contributed by atoms with Crippen LogP contribution in [0.5, 0.6) is 0 Å². The van der Waals surface area contributed by atoms with Gasteiger partial charge >= 0.3 is 5.97 Å². The summed E-state index contributed by atoms with van der Waals surface area (Å²) in [6.45, 7) is 0. The number of halogens is 3. The molecule has 0 atom stereocenters. The van der Waals surface area contributed by atoms with Crippen molar-refractivity contribution in [2.75, 3.05) is 7.11 Å². The Morgan fingerprint density at radius 2 is 1.74 bits per heavy atom. The van der Waals surface area contributed by atoms with Crippen molar-refractivity contribution < 1.29 is 22.7 Å². The molecule has 2 aromatic rings. The van der Waals surface area contributed by atoms with Crippen LogP contribution in [-0.4, -0.2) is 13.1 Å². The van der Waals surface area contributed by atoms with Crippen molar-refractivity contribution >= 4 is 5.97 Å². The van der Waals surface area contributed by atoms with E-state index < -0.39 is 23.4 Å². The summed E-state index contributed by atoms with van der Waals surface area (Å²) < 4.78 is 44.7. The molecular weight excluding hydrogens is 257 g/mol. The minimum Gasteiger partial charge on any atom is -0.465 e. The first-order chi connectivity index (χ1) is 9.02. The van der Waals surface area contributed by atoms with Crippen molar-refractivity contribution in [2.45, 2.75) is 0 Å². The molecule has 0 bridgehead atoms. The van der Waals surface area contributed by atoms with Gasteiger partial charge in [0.2, 0.25) is 0 Å². The summed E-state index contributed by atoms with van der Waals surface area (Å²) in [6, 6.07) is 6.34. The van der Waals surface area contributed by atoms with Gasteiger partial charge in [0.05, 0.1) is 12.7 Å². The van der Waals surface area contributed by atoms with Gasteiger partial charge < -0.3 is 4.74 Å². The molecule has 5 heteroatoms. The van der Waals surface area contributed by atoms with Gasteiger partial charge in [-0.2, -0.15) is 0 Å². The van der Waals surface area contributed by atoms with E-state index in [9.17, 15) is 18.0 Å². The second kappa shape index (κ2) is 5.14. The number of esters is 1. The molecule has 0 fully saturated rings. The third-order valence-corrected chi connectivity index (χ3v) is 2.61. The summed E-state index contributed by atoms with van der Waals surface area (Å²) in [5.74, 6) is -2.99. The standard InChI is InChI=1S/C14H9F3O2/c1-19-14(18)10-4-2-8(6-13(10)17)11-7-9(15)3-5-12(11)16/h2-7H,1H3. The van der Waals surface area contributed by atoms with Gasteiger partial charge in [0, 0.05) is 5.56 Å². The van der Waals surface area contributed by atoms with Gasteiger partial charge in [-0.25, -0.2) is 18.0 Å². The molecule has 0 aliphatic carbocycles. The molecule has 2 nitrogen and oxygen atoms in total. The third kappa shape index (κ3) is 2.59. The molecule has 0 aliphatic heterocycles. The minimum atomic E-state index is -0.854. The van der Waals surface area contributed by atoms with Gasteiger partial charge in [-0.3, -0.25) is 0 Å². The molecule has 2 rings (SSSR count). The molecule has 0 amide bonds. The lowest BCUT2D eigenvalue weighted by molar-refractivity contribution is 0.0595. The van der Waals surface area contributed by atoms with Crippen LogP contribution >= 0.6 is 0 Å². The van der Waals surface area contributed by atoms with Gasteiger partial charge in [0.15, 0.2) is 0 Å². The van der Waals surface area contributed by atoms with Crippen LogP contribution in [0.2, 0.25) is 0 Å². The van der Waals surface area contributed by atoms with Crippen LogP contribution in [0.15, 0.2) is 36.4 Å². The summed E-state index contributed by atoms with van der Waals surface area (Å²) in [5.41, 5.74) is -0.194. The van der Waals surface area contributed by atoms with E-state index in [4.69, 9.17) is 0 Å². The SMILES string of the molecule is COC(=O)c1ccc(-c2cc(F)ccc2F)cc1F. The predicted octanol–water partition coefficient (Wildman–Crippen LogP) is 3.56. The molecule has 0 unspecified atom stereocenters. The number of rotatable bonds is 2. The lowest BCUT2D eigenvalue weighted by Gasteiger charge is -2.06. The maximum absolute atomic E-state index is 13.7. The van der Waals surface area contributed by atoms with E-state index in [1.165, 1.54) is 12.1 Å². The Morgan fingerprint density at radius 3 is 2.37 bits per heavy atom. The van der Waals surface area contributed by atoms with Crippen molar-refractivity contribution in [1.82, 2.24) is 0 Å². The highest BCUT2D eigenvalue weighted by Gasteiger charge is 2.14. The third-order valence-electron chi connectivity index (χ3n) is 2.61. The first-order valence-corrected chi connectivity index (χ1v) is 5.36. The zero-order valence-corrected chi connectivity index (χ0v) is 9.91. The fourth-order valence-corrected chi connectivity index (χ4v) is 1.68. The molecule has 0 N–H and O–H groups in total. The highest BCUT2D eigenvalue weighted by atomic mass is 19.1. The number of ether oxygens (including phenoxy) is 1. The van der Waals surface area contributed by atoms with E-state index >= 15 is 0 Å². The van der Waals surface area contributed by atoms with Crippen LogP contribution in [0, 0.1) is 17.5 Å². The van der Waals surface area contributed by atoms with Crippen molar-refractivity contribution in [1.29, 1.82) is 0 Å². The zero-order chi connectivity index (χ0) is 14.0. The van der Waals surface area contributed by atoms with E-state index in [0.29, 0.717) is 0 Å². The number of carbonyl (C=O) groups excluding carboxylic acids is 1. The Morgan fingerprint density at radius 1 is 1.00 bits per heavy atom. The number of hydrogen-bond donors (Lipinski definition) is 0. The van der Waals surface area contributed by atoms with Crippen LogP contribution < -0.4 is 0 Å². The van der Waals surface area contributed by atoms with Gasteiger partial charge in [0.1, 0.15) is 17.5 Å². The molecule has 19 heavy (non-hydrogen) atoms. The fraction of sp³-hybridized carbons (Fsp3) is 0.0714. The van der Waals surface area contributed by atoms with E-state index in [0.717, 1.165) is 31.4 Å². The Bertz CT molecular complexity index is 639. The molecule has 0 heterocycles.